The van der Waals surface area contributed by atoms with Crippen LogP contribution in [0.4, 0.5) is 5.69 Å². The Kier molecular flexibility index (Phi) is 2.65. The molecule has 76 valence electrons. The Bertz CT molecular complexity index is 385. The summed E-state index contributed by atoms with van der Waals surface area (Å²) in [5, 5.41) is 8.88. The van der Waals surface area contributed by atoms with Gasteiger partial charge in [0.1, 0.15) is 5.75 Å². The maximum atomic E-state index is 10.8. The number of benzene rings is 1. The lowest BCUT2D eigenvalue weighted by molar-refractivity contribution is 0.0696. The van der Waals surface area contributed by atoms with Crippen LogP contribution >= 0.6 is 0 Å². The van der Waals surface area contributed by atoms with Gasteiger partial charge in [-0.15, -0.1) is 0 Å². The van der Waals surface area contributed by atoms with Crippen LogP contribution in [-0.4, -0.2) is 18.2 Å². The van der Waals surface area contributed by atoms with E-state index in [4.69, 9.17) is 15.6 Å². The van der Waals surface area contributed by atoms with Crippen LogP contribution in [0.3, 0.4) is 0 Å². The molecule has 0 fully saturated rings. The number of nitrogens with two attached hydrogens (primary N) is 1. The van der Waals surface area contributed by atoms with Crippen molar-refractivity contribution in [3.8, 4) is 5.75 Å². The molecule has 4 nitrogen and oxygen atoms in total. The molecule has 0 atom stereocenters. The standard InChI is InChI=1S/C10H13NO3/c1-5-4-7(10(12)13)6(2)8(11)9(5)14-3/h4H,11H2,1-3H3,(H,12,13). The highest BCUT2D eigenvalue weighted by Gasteiger charge is 2.15. The fourth-order valence-electron chi connectivity index (χ4n) is 1.41. The SMILES string of the molecule is COc1c(C)cc(C(=O)O)c(C)c1N. The van der Waals surface area contributed by atoms with Gasteiger partial charge in [-0.05, 0) is 31.0 Å². The third kappa shape index (κ3) is 1.51. The van der Waals surface area contributed by atoms with Crippen LogP contribution in [0.2, 0.25) is 0 Å². The summed E-state index contributed by atoms with van der Waals surface area (Å²) in [6, 6.07) is 1.56. The molecule has 0 aliphatic rings. The van der Waals surface area contributed by atoms with Crippen molar-refractivity contribution in [2.45, 2.75) is 13.8 Å². The van der Waals surface area contributed by atoms with E-state index in [0.29, 0.717) is 17.0 Å². The molecule has 1 aromatic rings. The zero-order chi connectivity index (χ0) is 10.9. The molecule has 0 saturated heterocycles. The fraction of sp³-hybridized carbons (Fsp3) is 0.300. The molecule has 0 radical (unpaired) electrons. The van der Waals surface area contributed by atoms with E-state index in [0.717, 1.165) is 5.56 Å². The lowest BCUT2D eigenvalue weighted by Gasteiger charge is -2.12. The number of carbonyl (C=O) groups is 1. The summed E-state index contributed by atoms with van der Waals surface area (Å²) < 4.78 is 5.07. The van der Waals surface area contributed by atoms with E-state index >= 15 is 0 Å². The van der Waals surface area contributed by atoms with Gasteiger partial charge in [0.05, 0.1) is 18.4 Å². The number of hydrogen-bond acceptors (Lipinski definition) is 3. The second-order valence-corrected chi connectivity index (χ2v) is 3.12. The fourth-order valence-corrected chi connectivity index (χ4v) is 1.41. The van der Waals surface area contributed by atoms with Crippen LogP contribution in [-0.2, 0) is 0 Å². The second-order valence-electron chi connectivity index (χ2n) is 3.12. The van der Waals surface area contributed by atoms with Gasteiger partial charge in [0.15, 0.2) is 0 Å². The zero-order valence-corrected chi connectivity index (χ0v) is 8.42. The summed E-state index contributed by atoms with van der Waals surface area (Å²) in [6.45, 7) is 3.43. The lowest BCUT2D eigenvalue weighted by atomic mass is 10.0. The van der Waals surface area contributed by atoms with Crippen molar-refractivity contribution in [3.63, 3.8) is 0 Å². The number of anilines is 1. The van der Waals surface area contributed by atoms with Gasteiger partial charge in [-0.2, -0.15) is 0 Å². The number of nitrogen functional groups attached to an aromatic ring is 1. The van der Waals surface area contributed by atoms with E-state index < -0.39 is 5.97 Å². The van der Waals surface area contributed by atoms with E-state index in [2.05, 4.69) is 0 Å². The maximum absolute atomic E-state index is 10.8. The van der Waals surface area contributed by atoms with Gasteiger partial charge in [-0.25, -0.2) is 4.79 Å². The molecule has 3 N–H and O–H groups in total. The molecule has 0 spiro atoms. The van der Waals surface area contributed by atoms with Crippen LogP contribution in [0.5, 0.6) is 5.75 Å². The van der Waals surface area contributed by atoms with Gasteiger partial charge >= 0.3 is 5.97 Å². The Morgan fingerprint density at radius 2 is 2.07 bits per heavy atom. The van der Waals surface area contributed by atoms with Gasteiger partial charge in [-0.1, -0.05) is 0 Å². The van der Waals surface area contributed by atoms with Crippen LogP contribution in [0.15, 0.2) is 6.07 Å². The number of aromatic carboxylic acids is 1. The van der Waals surface area contributed by atoms with Crippen LogP contribution in [0.25, 0.3) is 0 Å². The number of ether oxygens (including phenoxy) is 1. The van der Waals surface area contributed by atoms with Crippen molar-refractivity contribution >= 4 is 11.7 Å². The van der Waals surface area contributed by atoms with Crippen LogP contribution in [0, 0.1) is 13.8 Å². The number of methoxy groups -OCH3 is 1. The molecule has 0 aliphatic carbocycles. The Hall–Kier alpha value is -1.71. The number of aryl methyl sites for hydroxylation is 1. The summed E-state index contributed by atoms with van der Waals surface area (Å²) in [4.78, 5) is 10.8. The minimum atomic E-state index is -0.972. The largest absolute Gasteiger partial charge is 0.494 e. The lowest BCUT2D eigenvalue weighted by Crippen LogP contribution is -2.06. The van der Waals surface area contributed by atoms with Gasteiger partial charge in [-0.3, -0.25) is 0 Å². The second kappa shape index (κ2) is 3.57. The molecular weight excluding hydrogens is 182 g/mol. The minimum Gasteiger partial charge on any atom is -0.494 e. The molecule has 0 aliphatic heterocycles. The average molecular weight is 195 g/mol. The van der Waals surface area contributed by atoms with E-state index in [9.17, 15) is 4.79 Å². The van der Waals surface area contributed by atoms with Crippen LogP contribution < -0.4 is 10.5 Å². The predicted octanol–water partition coefficient (Wildman–Crippen LogP) is 1.59. The van der Waals surface area contributed by atoms with Crippen molar-refractivity contribution in [2.75, 3.05) is 12.8 Å². The summed E-state index contributed by atoms with van der Waals surface area (Å²) in [7, 11) is 1.51. The van der Waals surface area contributed by atoms with Crippen molar-refractivity contribution in [1.29, 1.82) is 0 Å². The first-order chi connectivity index (χ1) is 6.49. The minimum absolute atomic E-state index is 0.223. The smallest absolute Gasteiger partial charge is 0.336 e. The zero-order valence-electron chi connectivity index (χ0n) is 8.42. The highest BCUT2D eigenvalue weighted by atomic mass is 16.5. The summed E-state index contributed by atoms with van der Waals surface area (Å²) in [5.74, 6) is -0.424. The van der Waals surface area contributed by atoms with Crippen molar-refractivity contribution in [3.05, 3.63) is 22.8 Å². The molecule has 0 heterocycles. The molecule has 0 amide bonds. The van der Waals surface area contributed by atoms with Gasteiger partial charge < -0.3 is 15.6 Å². The molecule has 0 aromatic heterocycles. The molecule has 4 heteroatoms. The molecule has 1 rings (SSSR count). The molecule has 1 aromatic carbocycles. The molecule has 0 saturated carbocycles. The Morgan fingerprint density at radius 1 is 1.50 bits per heavy atom. The van der Waals surface area contributed by atoms with Crippen molar-refractivity contribution < 1.29 is 14.6 Å². The summed E-state index contributed by atoms with van der Waals surface area (Å²) >= 11 is 0. The number of carboxylic acids is 1. The Labute approximate surface area is 82.3 Å². The Balaban J connectivity index is 3.47. The van der Waals surface area contributed by atoms with Gasteiger partial charge in [0.2, 0.25) is 0 Å². The summed E-state index contributed by atoms with van der Waals surface area (Å²) in [5.41, 5.74) is 7.63. The number of rotatable bonds is 2. The first-order valence-corrected chi connectivity index (χ1v) is 4.16. The third-order valence-electron chi connectivity index (χ3n) is 2.21. The Morgan fingerprint density at radius 3 is 2.50 bits per heavy atom. The normalized spacial score (nSPS) is 9.93. The first-order valence-electron chi connectivity index (χ1n) is 4.16. The van der Waals surface area contributed by atoms with Gasteiger partial charge in [0, 0.05) is 0 Å². The van der Waals surface area contributed by atoms with E-state index in [1.165, 1.54) is 7.11 Å². The maximum Gasteiger partial charge on any atom is 0.336 e. The van der Waals surface area contributed by atoms with E-state index in [-0.39, 0.29) is 5.56 Å². The monoisotopic (exact) mass is 195 g/mol. The van der Waals surface area contributed by atoms with Crippen LogP contribution in [0.1, 0.15) is 21.5 Å². The molecule has 0 bridgehead atoms. The quantitative estimate of drug-likeness (QED) is 0.703. The van der Waals surface area contributed by atoms with Crippen molar-refractivity contribution in [1.82, 2.24) is 0 Å². The molecular formula is C10H13NO3. The van der Waals surface area contributed by atoms with E-state index in [1.807, 2.05) is 0 Å². The van der Waals surface area contributed by atoms with Crippen molar-refractivity contribution in [2.24, 2.45) is 0 Å². The third-order valence-corrected chi connectivity index (χ3v) is 2.21. The molecule has 14 heavy (non-hydrogen) atoms. The predicted molar refractivity (Wildman–Crippen MR) is 53.8 cm³/mol. The number of carboxylic acid groups (broad SMARTS) is 1. The van der Waals surface area contributed by atoms with E-state index in [1.54, 1.807) is 19.9 Å². The number of hydrogen-bond donors (Lipinski definition) is 2. The average Bonchev–Trinajstić information content (AvgIpc) is 2.12. The highest BCUT2D eigenvalue weighted by molar-refractivity contribution is 5.92. The van der Waals surface area contributed by atoms with Gasteiger partial charge in [0.25, 0.3) is 0 Å². The summed E-state index contributed by atoms with van der Waals surface area (Å²) in [6.07, 6.45) is 0. The highest BCUT2D eigenvalue weighted by Crippen LogP contribution is 2.31. The first kappa shape index (κ1) is 10.4. The molecule has 0 unspecified atom stereocenters. The topological polar surface area (TPSA) is 72.5 Å².